The van der Waals surface area contributed by atoms with Gasteiger partial charge in [0, 0.05) is 42.7 Å². The molecule has 1 N–H and O–H groups in total. The van der Waals surface area contributed by atoms with Crippen molar-refractivity contribution >= 4 is 11.6 Å². The molecule has 3 heterocycles. The van der Waals surface area contributed by atoms with Crippen molar-refractivity contribution in [2.24, 2.45) is 5.16 Å². The molecule has 9 heteroatoms. The zero-order chi connectivity index (χ0) is 22.0. The second-order valence-electron chi connectivity index (χ2n) is 7.56. The number of imidazole rings is 2. The highest BCUT2D eigenvalue weighted by molar-refractivity contribution is 6.01. The Morgan fingerprint density at radius 3 is 2.90 bits per heavy atom. The van der Waals surface area contributed by atoms with E-state index in [0.29, 0.717) is 29.9 Å². The van der Waals surface area contributed by atoms with Gasteiger partial charge in [0.2, 0.25) is 5.91 Å². The zero-order valence-electron chi connectivity index (χ0n) is 17.8. The van der Waals surface area contributed by atoms with E-state index in [4.69, 9.17) is 4.84 Å². The van der Waals surface area contributed by atoms with Gasteiger partial charge in [0.1, 0.15) is 30.1 Å². The van der Waals surface area contributed by atoms with E-state index in [-0.39, 0.29) is 24.4 Å². The number of halogens is 1. The summed E-state index contributed by atoms with van der Waals surface area (Å²) in [7, 11) is 0. The number of nitrogens with zero attached hydrogens (tertiary/aromatic N) is 5. The molecular weight excluding hydrogens is 399 g/mol. The van der Waals surface area contributed by atoms with Crippen molar-refractivity contribution in [3.8, 4) is 5.69 Å². The highest BCUT2D eigenvalue weighted by Gasteiger charge is 2.25. The molecule has 3 aromatic rings. The largest absolute Gasteiger partial charge is 0.390 e. The number of carbonyl (C=O) groups excluding carboxylic acids is 1. The number of rotatable bonds is 7. The third kappa shape index (κ3) is 4.50. The molecule has 4 rings (SSSR count). The number of carbonyl (C=O) groups is 1. The molecule has 31 heavy (non-hydrogen) atoms. The Morgan fingerprint density at radius 2 is 2.19 bits per heavy atom. The van der Waals surface area contributed by atoms with Crippen molar-refractivity contribution in [3.05, 3.63) is 65.5 Å². The van der Waals surface area contributed by atoms with Gasteiger partial charge in [-0.25, -0.2) is 14.4 Å². The average molecular weight is 424 g/mol. The molecule has 0 fully saturated rings. The van der Waals surface area contributed by atoms with Crippen LogP contribution in [-0.4, -0.2) is 43.4 Å². The maximum Gasteiger partial charge on any atom is 0.240 e. The Hall–Kier alpha value is -3.49. The van der Waals surface area contributed by atoms with E-state index in [1.165, 1.54) is 6.07 Å². The third-order valence-corrected chi connectivity index (χ3v) is 5.25. The van der Waals surface area contributed by atoms with Crippen LogP contribution in [0.2, 0.25) is 0 Å². The molecule has 0 saturated heterocycles. The molecule has 1 atom stereocenters. The van der Waals surface area contributed by atoms with Crippen molar-refractivity contribution in [1.29, 1.82) is 0 Å². The van der Waals surface area contributed by atoms with E-state index in [0.717, 1.165) is 23.8 Å². The second-order valence-corrected chi connectivity index (χ2v) is 7.56. The average Bonchev–Trinajstić information content (AvgIpc) is 3.46. The molecule has 0 aliphatic carbocycles. The molecule has 8 nitrogen and oxygen atoms in total. The summed E-state index contributed by atoms with van der Waals surface area (Å²) < 4.78 is 18.5. The summed E-state index contributed by atoms with van der Waals surface area (Å²) in [6.45, 7) is 6.24. The molecule has 162 valence electrons. The number of hydrogen-bond donors (Lipinski definition) is 1. The van der Waals surface area contributed by atoms with Crippen molar-refractivity contribution in [2.75, 3.05) is 6.54 Å². The van der Waals surface area contributed by atoms with Crippen molar-refractivity contribution in [3.63, 3.8) is 0 Å². The van der Waals surface area contributed by atoms with Gasteiger partial charge in [0.05, 0.1) is 18.0 Å². The number of aryl methyl sites for hydroxylation is 3. The summed E-state index contributed by atoms with van der Waals surface area (Å²) in [5.41, 5.74) is 2.52. The summed E-state index contributed by atoms with van der Waals surface area (Å²) in [5.74, 6) is 1.15. The lowest BCUT2D eigenvalue weighted by Crippen LogP contribution is -2.34. The van der Waals surface area contributed by atoms with Crippen LogP contribution in [0, 0.1) is 19.7 Å². The van der Waals surface area contributed by atoms with Gasteiger partial charge in [-0.15, -0.1) is 0 Å². The normalized spacial score (nSPS) is 15.6. The number of nitrogens with one attached hydrogen (secondary N) is 1. The standard InChI is InChI=1S/C22H25FN6O2/c1-4-21-24-7-8-29(21)16-5-6-18(19(23)9-16)20-10-17(31-27-20)11-25-22(30)13-28-12-14(2)26-15(28)3/h5-9,12,17H,4,10-11,13H2,1-3H3,(H,25,30). The fraction of sp³-hybridized carbons (Fsp3) is 0.364. The maximum absolute atomic E-state index is 14.8. The molecule has 1 aliphatic rings. The van der Waals surface area contributed by atoms with Crippen LogP contribution in [0.4, 0.5) is 4.39 Å². The Balaban J connectivity index is 1.34. The highest BCUT2D eigenvalue weighted by atomic mass is 19.1. The van der Waals surface area contributed by atoms with Crippen LogP contribution in [0.25, 0.3) is 5.69 Å². The minimum Gasteiger partial charge on any atom is -0.390 e. The molecular formula is C22H25FN6O2. The predicted octanol–water partition coefficient (Wildman–Crippen LogP) is 2.70. The van der Waals surface area contributed by atoms with Gasteiger partial charge in [-0.2, -0.15) is 0 Å². The first-order chi connectivity index (χ1) is 14.9. The van der Waals surface area contributed by atoms with Gasteiger partial charge >= 0.3 is 0 Å². The summed E-state index contributed by atoms with van der Waals surface area (Å²) in [6.07, 6.45) is 6.20. The lowest BCUT2D eigenvalue weighted by Gasteiger charge is -2.11. The maximum atomic E-state index is 14.8. The van der Waals surface area contributed by atoms with Gasteiger partial charge in [-0.05, 0) is 32.0 Å². The van der Waals surface area contributed by atoms with Crippen LogP contribution < -0.4 is 5.32 Å². The van der Waals surface area contributed by atoms with E-state index in [1.54, 1.807) is 16.8 Å². The van der Waals surface area contributed by atoms with E-state index in [2.05, 4.69) is 20.4 Å². The highest BCUT2D eigenvalue weighted by Crippen LogP contribution is 2.22. The van der Waals surface area contributed by atoms with Gasteiger partial charge in [0.15, 0.2) is 0 Å². The first kappa shape index (κ1) is 20.8. The number of amides is 1. The SMILES string of the molecule is CCc1nccn1-c1ccc(C2=NOC(CNC(=O)Cn3cc(C)nc3C)C2)c(F)c1. The zero-order valence-corrected chi connectivity index (χ0v) is 17.8. The van der Waals surface area contributed by atoms with Crippen LogP contribution in [0.15, 0.2) is 41.9 Å². The molecule has 0 bridgehead atoms. The molecule has 0 radical (unpaired) electrons. The summed E-state index contributed by atoms with van der Waals surface area (Å²) in [4.78, 5) is 26.2. The first-order valence-electron chi connectivity index (χ1n) is 10.3. The van der Waals surface area contributed by atoms with Crippen LogP contribution in [0.5, 0.6) is 0 Å². The third-order valence-electron chi connectivity index (χ3n) is 5.25. The summed E-state index contributed by atoms with van der Waals surface area (Å²) in [5, 5.41) is 6.89. The van der Waals surface area contributed by atoms with Gasteiger partial charge in [-0.1, -0.05) is 12.1 Å². The fourth-order valence-electron chi connectivity index (χ4n) is 3.68. The number of hydrogen-bond acceptors (Lipinski definition) is 5. The van der Waals surface area contributed by atoms with Gasteiger partial charge in [-0.3, -0.25) is 4.79 Å². The van der Waals surface area contributed by atoms with E-state index < -0.39 is 0 Å². The minimum atomic E-state index is -0.369. The molecule has 1 amide bonds. The predicted molar refractivity (Wildman–Crippen MR) is 114 cm³/mol. The first-order valence-corrected chi connectivity index (χ1v) is 10.3. The number of oxime groups is 1. The summed E-state index contributed by atoms with van der Waals surface area (Å²) >= 11 is 0. The van der Waals surface area contributed by atoms with Crippen LogP contribution >= 0.6 is 0 Å². The lowest BCUT2D eigenvalue weighted by molar-refractivity contribution is -0.122. The second kappa shape index (κ2) is 8.71. The number of aromatic nitrogens is 4. The van der Waals surface area contributed by atoms with E-state index >= 15 is 0 Å². The van der Waals surface area contributed by atoms with Gasteiger partial charge < -0.3 is 19.3 Å². The lowest BCUT2D eigenvalue weighted by atomic mass is 10.0. The van der Waals surface area contributed by atoms with Crippen LogP contribution in [0.1, 0.15) is 36.3 Å². The Bertz CT molecular complexity index is 1130. The minimum absolute atomic E-state index is 0.139. The topological polar surface area (TPSA) is 86.3 Å². The molecule has 1 aromatic carbocycles. The Kier molecular flexibility index (Phi) is 5.83. The van der Waals surface area contributed by atoms with Gasteiger partial charge in [0.25, 0.3) is 0 Å². The molecule has 0 spiro atoms. The quantitative estimate of drug-likeness (QED) is 0.632. The molecule has 1 aliphatic heterocycles. The number of benzene rings is 1. The van der Waals surface area contributed by atoms with Crippen LogP contribution in [0.3, 0.4) is 0 Å². The van der Waals surface area contributed by atoms with Crippen molar-refractivity contribution < 1.29 is 14.0 Å². The molecule has 1 unspecified atom stereocenters. The monoisotopic (exact) mass is 424 g/mol. The molecule has 2 aromatic heterocycles. The van der Waals surface area contributed by atoms with Crippen molar-refractivity contribution in [1.82, 2.24) is 24.4 Å². The molecule has 0 saturated carbocycles. The fourth-order valence-corrected chi connectivity index (χ4v) is 3.68. The Labute approximate surface area is 179 Å². The Morgan fingerprint density at radius 1 is 1.35 bits per heavy atom. The smallest absolute Gasteiger partial charge is 0.240 e. The van der Waals surface area contributed by atoms with Crippen LogP contribution in [-0.2, 0) is 22.6 Å². The van der Waals surface area contributed by atoms with Crippen molar-refractivity contribution in [2.45, 2.75) is 46.3 Å². The summed E-state index contributed by atoms with van der Waals surface area (Å²) in [6, 6.07) is 5.02. The van der Waals surface area contributed by atoms with E-state index in [9.17, 15) is 9.18 Å². The van der Waals surface area contributed by atoms with E-state index in [1.807, 2.05) is 43.8 Å².